The standard InChI is InChI=1S/C7H12FNO2/c1-2-7(8)3-5(4-10)9-6(7)11/h5,10H,2-4H2,1H3,(H,9,11). The molecule has 0 aromatic rings. The molecule has 64 valence electrons. The molecule has 1 heterocycles. The van der Waals surface area contributed by atoms with Crippen LogP contribution in [-0.4, -0.2) is 29.3 Å². The summed E-state index contributed by atoms with van der Waals surface area (Å²) in [4.78, 5) is 10.9. The number of rotatable bonds is 2. The smallest absolute Gasteiger partial charge is 0.258 e. The van der Waals surface area contributed by atoms with Gasteiger partial charge in [-0.1, -0.05) is 6.92 Å². The second-order valence-electron chi connectivity index (χ2n) is 2.88. The van der Waals surface area contributed by atoms with Gasteiger partial charge in [0.1, 0.15) is 0 Å². The first-order valence-corrected chi connectivity index (χ1v) is 3.73. The average Bonchev–Trinajstić information content (AvgIpc) is 2.29. The second-order valence-corrected chi connectivity index (χ2v) is 2.88. The Morgan fingerprint density at radius 2 is 2.55 bits per heavy atom. The van der Waals surface area contributed by atoms with Crippen molar-refractivity contribution in [1.82, 2.24) is 5.32 Å². The summed E-state index contributed by atoms with van der Waals surface area (Å²) in [6.07, 6.45) is 0.272. The number of hydrogen-bond acceptors (Lipinski definition) is 2. The number of nitrogens with one attached hydrogen (secondary N) is 1. The number of carbonyl (C=O) groups excluding carboxylic acids is 1. The molecule has 0 aliphatic carbocycles. The molecule has 0 spiro atoms. The first-order chi connectivity index (χ1) is 5.12. The molecule has 0 aromatic heterocycles. The highest BCUT2D eigenvalue weighted by Gasteiger charge is 2.45. The maximum atomic E-state index is 13.3. The van der Waals surface area contributed by atoms with Crippen LogP contribution in [0.2, 0.25) is 0 Å². The molecule has 1 saturated heterocycles. The van der Waals surface area contributed by atoms with Crippen molar-refractivity contribution in [1.29, 1.82) is 0 Å². The van der Waals surface area contributed by atoms with E-state index in [4.69, 9.17) is 5.11 Å². The topological polar surface area (TPSA) is 49.3 Å². The first kappa shape index (κ1) is 8.46. The zero-order valence-electron chi connectivity index (χ0n) is 6.43. The molecule has 0 bridgehead atoms. The molecule has 1 fully saturated rings. The lowest BCUT2D eigenvalue weighted by Gasteiger charge is -2.11. The Bertz CT molecular complexity index is 174. The number of aliphatic hydroxyl groups is 1. The van der Waals surface area contributed by atoms with Crippen molar-refractivity contribution in [3.63, 3.8) is 0 Å². The van der Waals surface area contributed by atoms with Gasteiger partial charge in [-0.3, -0.25) is 4.79 Å². The minimum absolute atomic E-state index is 0.0961. The third-order valence-corrected chi connectivity index (χ3v) is 2.09. The van der Waals surface area contributed by atoms with E-state index in [0.29, 0.717) is 0 Å². The SMILES string of the molecule is CCC1(F)CC(CO)NC1=O. The maximum Gasteiger partial charge on any atom is 0.258 e. The Labute approximate surface area is 64.6 Å². The lowest BCUT2D eigenvalue weighted by Crippen LogP contribution is -2.33. The van der Waals surface area contributed by atoms with Crippen LogP contribution in [0, 0.1) is 0 Å². The fourth-order valence-electron chi connectivity index (χ4n) is 1.26. The van der Waals surface area contributed by atoms with Crippen molar-refractivity contribution in [2.45, 2.75) is 31.5 Å². The molecule has 3 nitrogen and oxygen atoms in total. The fraction of sp³-hybridized carbons (Fsp3) is 0.857. The van der Waals surface area contributed by atoms with E-state index in [1.807, 2.05) is 0 Å². The van der Waals surface area contributed by atoms with Gasteiger partial charge in [-0.25, -0.2) is 4.39 Å². The van der Waals surface area contributed by atoms with Crippen LogP contribution < -0.4 is 5.32 Å². The molecule has 1 rings (SSSR count). The molecule has 1 amide bonds. The van der Waals surface area contributed by atoms with E-state index in [2.05, 4.69) is 5.32 Å². The highest BCUT2D eigenvalue weighted by Crippen LogP contribution is 2.27. The summed E-state index contributed by atoms with van der Waals surface area (Å²) in [6.45, 7) is 1.44. The van der Waals surface area contributed by atoms with E-state index in [1.54, 1.807) is 6.92 Å². The minimum Gasteiger partial charge on any atom is -0.394 e. The lowest BCUT2D eigenvalue weighted by atomic mass is 9.99. The molecule has 0 aromatic carbocycles. The number of alkyl halides is 1. The number of hydrogen-bond donors (Lipinski definition) is 2. The van der Waals surface area contributed by atoms with Crippen molar-refractivity contribution < 1.29 is 14.3 Å². The fourth-order valence-corrected chi connectivity index (χ4v) is 1.26. The third kappa shape index (κ3) is 1.35. The highest BCUT2D eigenvalue weighted by atomic mass is 19.1. The number of halogens is 1. The van der Waals surface area contributed by atoms with E-state index in [1.165, 1.54) is 0 Å². The lowest BCUT2D eigenvalue weighted by molar-refractivity contribution is -0.129. The van der Waals surface area contributed by atoms with Gasteiger partial charge in [0.15, 0.2) is 5.67 Å². The number of carbonyl (C=O) groups is 1. The number of aliphatic hydroxyl groups excluding tert-OH is 1. The summed E-state index contributed by atoms with van der Waals surface area (Å²) < 4.78 is 13.3. The molecule has 0 radical (unpaired) electrons. The molecule has 4 heteroatoms. The summed E-state index contributed by atoms with van der Waals surface area (Å²) >= 11 is 0. The van der Waals surface area contributed by atoms with Crippen LogP contribution in [0.3, 0.4) is 0 Å². The Hall–Kier alpha value is -0.640. The maximum absolute atomic E-state index is 13.3. The second kappa shape index (κ2) is 2.77. The van der Waals surface area contributed by atoms with E-state index in [0.717, 1.165) is 0 Å². The van der Waals surface area contributed by atoms with Crippen LogP contribution in [0.5, 0.6) is 0 Å². The van der Waals surface area contributed by atoms with Gasteiger partial charge < -0.3 is 10.4 Å². The third-order valence-electron chi connectivity index (χ3n) is 2.09. The Morgan fingerprint density at radius 3 is 2.82 bits per heavy atom. The van der Waals surface area contributed by atoms with Crippen molar-refractivity contribution in [3.05, 3.63) is 0 Å². The van der Waals surface area contributed by atoms with Crippen LogP contribution >= 0.6 is 0 Å². The Kier molecular flexibility index (Phi) is 2.13. The Morgan fingerprint density at radius 1 is 1.91 bits per heavy atom. The quantitative estimate of drug-likeness (QED) is 0.598. The van der Waals surface area contributed by atoms with Crippen molar-refractivity contribution in [2.24, 2.45) is 0 Å². The van der Waals surface area contributed by atoms with E-state index >= 15 is 0 Å². The zero-order valence-corrected chi connectivity index (χ0v) is 6.43. The molecule has 11 heavy (non-hydrogen) atoms. The number of amides is 1. The van der Waals surface area contributed by atoms with Gasteiger partial charge in [0, 0.05) is 6.42 Å². The van der Waals surface area contributed by atoms with Crippen LogP contribution in [0.15, 0.2) is 0 Å². The average molecular weight is 161 g/mol. The minimum atomic E-state index is -1.74. The van der Waals surface area contributed by atoms with Crippen molar-refractivity contribution >= 4 is 5.91 Å². The molecule has 1 aliphatic heterocycles. The van der Waals surface area contributed by atoms with Gasteiger partial charge in [0.05, 0.1) is 12.6 Å². The van der Waals surface area contributed by atoms with Crippen LogP contribution in [0.25, 0.3) is 0 Å². The highest BCUT2D eigenvalue weighted by molar-refractivity contribution is 5.87. The Balaban J connectivity index is 2.65. The van der Waals surface area contributed by atoms with Gasteiger partial charge in [-0.15, -0.1) is 0 Å². The van der Waals surface area contributed by atoms with Crippen molar-refractivity contribution in [3.8, 4) is 0 Å². The molecule has 2 atom stereocenters. The first-order valence-electron chi connectivity index (χ1n) is 3.73. The van der Waals surface area contributed by atoms with Crippen molar-refractivity contribution in [2.75, 3.05) is 6.61 Å². The largest absolute Gasteiger partial charge is 0.394 e. The van der Waals surface area contributed by atoms with Gasteiger partial charge in [-0.2, -0.15) is 0 Å². The summed E-state index contributed by atoms with van der Waals surface area (Å²) in [5.74, 6) is -0.584. The summed E-state index contributed by atoms with van der Waals surface area (Å²) in [7, 11) is 0. The molecular weight excluding hydrogens is 149 g/mol. The molecule has 2 unspecified atom stereocenters. The van der Waals surface area contributed by atoms with Crippen LogP contribution in [0.4, 0.5) is 4.39 Å². The molecule has 1 aliphatic rings. The van der Waals surface area contributed by atoms with Crippen LogP contribution in [-0.2, 0) is 4.79 Å². The predicted octanol–water partition coefficient (Wildman–Crippen LogP) is -0.0145. The molecular formula is C7H12FNO2. The molecule has 0 saturated carbocycles. The zero-order chi connectivity index (χ0) is 8.48. The monoisotopic (exact) mass is 161 g/mol. The van der Waals surface area contributed by atoms with E-state index < -0.39 is 17.6 Å². The van der Waals surface area contributed by atoms with Gasteiger partial charge in [0.2, 0.25) is 0 Å². The van der Waals surface area contributed by atoms with Gasteiger partial charge >= 0.3 is 0 Å². The van der Waals surface area contributed by atoms with Gasteiger partial charge in [0.25, 0.3) is 5.91 Å². The van der Waals surface area contributed by atoms with Gasteiger partial charge in [-0.05, 0) is 6.42 Å². The van der Waals surface area contributed by atoms with E-state index in [9.17, 15) is 9.18 Å². The summed E-state index contributed by atoms with van der Waals surface area (Å²) in [6, 6.07) is -0.396. The summed E-state index contributed by atoms with van der Waals surface area (Å²) in [5.41, 5.74) is -1.74. The molecule has 2 N–H and O–H groups in total. The predicted molar refractivity (Wildman–Crippen MR) is 37.8 cm³/mol. The summed E-state index contributed by atoms with van der Waals surface area (Å²) in [5, 5.41) is 11.0. The van der Waals surface area contributed by atoms with E-state index in [-0.39, 0.29) is 19.4 Å². The normalized spacial score (nSPS) is 37.4. The van der Waals surface area contributed by atoms with Crippen LogP contribution in [0.1, 0.15) is 19.8 Å².